The van der Waals surface area contributed by atoms with Gasteiger partial charge in [0.05, 0.1) is 18.6 Å². The summed E-state index contributed by atoms with van der Waals surface area (Å²) in [5, 5.41) is 16.4. The van der Waals surface area contributed by atoms with Crippen molar-refractivity contribution in [1.29, 1.82) is 0 Å². The molecule has 0 aliphatic carbocycles. The van der Waals surface area contributed by atoms with Crippen molar-refractivity contribution in [1.82, 2.24) is 5.32 Å². The number of rotatable bonds is 6. The van der Waals surface area contributed by atoms with Crippen molar-refractivity contribution < 1.29 is 14.3 Å². The largest absolute Gasteiger partial charge is 0.472 e. The van der Waals surface area contributed by atoms with E-state index in [2.05, 4.69) is 5.32 Å². The molecule has 2 heterocycles. The van der Waals surface area contributed by atoms with Crippen LogP contribution >= 0.6 is 11.3 Å². The zero-order valence-corrected chi connectivity index (χ0v) is 11.1. The number of nitrogens with one attached hydrogen (secondary N) is 1. The Balaban J connectivity index is 1.69. The van der Waals surface area contributed by atoms with Crippen LogP contribution in [-0.4, -0.2) is 17.6 Å². The Kier molecular flexibility index (Phi) is 4.94. The van der Waals surface area contributed by atoms with Crippen LogP contribution in [0.1, 0.15) is 23.7 Å². The molecule has 2 rings (SSSR count). The lowest BCUT2D eigenvalue weighted by Gasteiger charge is -2.08. The first-order chi connectivity index (χ1) is 9.25. The van der Waals surface area contributed by atoms with Crippen LogP contribution < -0.4 is 5.32 Å². The van der Waals surface area contributed by atoms with Crippen molar-refractivity contribution in [2.24, 2.45) is 0 Å². The average Bonchev–Trinajstić information content (AvgIpc) is 3.09. The first kappa shape index (κ1) is 13.6. The number of aliphatic hydroxyl groups is 1. The van der Waals surface area contributed by atoms with Gasteiger partial charge in [-0.2, -0.15) is 11.3 Å². The van der Waals surface area contributed by atoms with Crippen LogP contribution in [0.3, 0.4) is 0 Å². The van der Waals surface area contributed by atoms with Gasteiger partial charge in [-0.1, -0.05) is 0 Å². The summed E-state index contributed by atoms with van der Waals surface area (Å²) < 4.78 is 4.89. The van der Waals surface area contributed by atoms with E-state index in [1.807, 2.05) is 16.8 Å². The van der Waals surface area contributed by atoms with Crippen molar-refractivity contribution in [3.8, 4) is 0 Å². The molecule has 0 saturated carbocycles. The highest BCUT2D eigenvalue weighted by Gasteiger charge is 2.08. The van der Waals surface area contributed by atoms with E-state index in [1.54, 1.807) is 23.5 Å². The van der Waals surface area contributed by atoms with Crippen molar-refractivity contribution in [2.45, 2.75) is 12.5 Å². The van der Waals surface area contributed by atoms with E-state index in [-0.39, 0.29) is 5.91 Å². The molecule has 0 spiro atoms. The van der Waals surface area contributed by atoms with Gasteiger partial charge in [0.2, 0.25) is 5.91 Å². The van der Waals surface area contributed by atoms with E-state index in [1.165, 1.54) is 18.6 Å². The molecule has 4 nitrogen and oxygen atoms in total. The molecular formula is C14H15NO3S. The van der Waals surface area contributed by atoms with Gasteiger partial charge in [-0.3, -0.25) is 4.79 Å². The Hall–Kier alpha value is -1.85. The highest BCUT2D eigenvalue weighted by Crippen LogP contribution is 2.15. The lowest BCUT2D eigenvalue weighted by Crippen LogP contribution is -2.23. The summed E-state index contributed by atoms with van der Waals surface area (Å²) in [4.78, 5) is 11.5. The fraction of sp³-hybridized carbons (Fsp3) is 0.214. The monoisotopic (exact) mass is 277 g/mol. The molecular weight excluding hydrogens is 262 g/mol. The van der Waals surface area contributed by atoms with E-state index in [0.29, 0.717) is 13.0 Å². The van der Waals surface area contributed by atoms with E-state index >= 15 is 0 Å². The van der Waals surface area contributed by atoms with E-state index in [4.69, 9.17) is 4.42 Å². The van der Waals surface area contributed by atoms with Crippen LogP contribution in [0.2, 0.25) is 0 Å². The van der Waals surface area contributed by atoms with Crippen LogP contribution in [0.5, 0.6) is 0 Å². The lowest BCUT2D eigenvalue weighted by atomic mass is 10.1. The van der Waals surface area contributed by atoms with Gasteiger partial charge in [0.1, 0.15) is 0 Å². The van der Waals surface area contributed by atoms with Gasteiger partial charge < -0.3 is 14.8 Å². The Morgan fingerprint density at radius 1 is 1.53 bits per heavy atom. The zero-order chi connectivity index (χ0) is 13.5. The number of hydrogen-bond acceptors (Lipinski definition) is 4. The second-order valence-electron chi connectivity index (χ2n) is 4.04. The summed E-state index contributed by atoms with van der Waals surface area (Å²) in [6.07, 6.45) is 6.12. The molecule has 19 heavy (non-hydrogen) atoms. The highest BCUT2D eigenvalue weighted by molar-refractivity contribution is 7.08. The lowest BCUT2D eigenvalue weighted by molar-refractivity contribution is -0.116. The van der Waals surface area contributed by atoms with Gasteiger partial charge in [-0.05, 0) is 41.0 Å². The topological polar surface area (TPSA) is 62.5 Å². The maximum absolute atomic E-state index is 11.5. The van der Waals surface area contributed by atoms with E-state index < -0.39 is 6.10 Å². The van der Waals surface area contributed by atoms with E-state index in [9.17, 15) is 9.90 Å². The minimum atomic E-state index is -0.611. The molecule has 0 bridgehead atoms. The third kappa shape index (κ3) is 4.39. The summed E-state index contributed by atoms with van der Waals surface area (Å²) in [6.45, 7) is 0.416. The fourth-order valence-corrected chi connectivity index (χ4v) is 2.19. The summed E-state index contributed by atoms with van der Waals surface area (Å²) in [5.74, 6) is -0.161. The number of hydrogen-bond donors (Lipinski definition) is 2. The molecule has 1 unspecified atom stereocenters. The standard InChI is InChI=1S/C14H15NO3S/c16-13(12-4-7-18-9-12)3-6-15-14(17)2-1-11-5-8-19-10-11/h1-2,4-5,7-10,13,16H,3,6H2,(H,15,17)/b2-1+. The predicted octanol–water partition coefficient (Wildman–Crippen LogP) is 2.59. The number of carbonyl (C=O) groups excluding carboxylic acids is 1. The van der Waals surface area contributed by atoms with Crippen molar-refractivity contribution >= 4 is 23.3 Å². The third-order valence-corrected chi connectivity index (χ3v) is 3.32. The molecule has 5 heteroatoms. The minimum Gasteiger partial charge on any atom is -0.472 e. The van der Waals surface area contributed by atoms with Gasteiger partial charge in [0.15, 0.2) is 0 Å². The van der Waals surface area contributed by atoms with Gasteiger partial charge in [0, 0.05) is 18.2 Å². The molecule has 0 radical (unpaired) electrons. The van der Waals surface area contributed by atoms with Gasteiger partial charge in [0.25, 0.3) is 0 Å². The molecule has 2 aromatic heterocycles. The van der Waals surface area contributed by atoms with Crippen LogP contribution in [0.15, 0.2) is 45.9 Å². The summed E-state index contributed by atoms with van der Waals surface area (Å²) in [5.41, 5.74) is 1.74. The zero-order valence-electron chi connectivity index (χ0n) is 10.3. The smallest absolute Gasteiger partial charge is 0.244 e. The second kappa shape index (κ2) is 6.92. The molecule has 100 valence electrons. The number of aliphatic hydroxyl groups excluding tert-OH is 1. The Morgan fingerprint density at radius 2 is 2.42 bits per heavy atom. The van der Waals surface area contributed by atoms with Gasteiger partial charge in [-0.25, -0.2) is 0 Å². The number of thiophene rings is 1. The summed E-state index contributed by atoms with van der Waals surface area (Å²) in [6, 6.07) is 3.65. The quantitative estimate of drug-likeness (QED) is 0.798. The van der Waals surface area contributed by atoms with Crippen molar-refractivity contribution in [2.75, 3.05) is 6.54 Å². The highest BCUT2D eigenvalue weighted by atomic mass is 32.1. The fourth-order valence-electron chi connectivity index (χ4n) is 1.56. The molecule has 0 saturated heterocycles. The van der Waals surface area contributed by atoms with Crippen LogP contribution in [0, 0.1) is 0 Å². The Morgan fingerprint density at radius 3 is 3.11 bits per heavy atom. The van der Waals surface area contributed by atoms with Gasteiger partial charge in [-0.15, -0.1) is 0 Å². The van der Waals surface area contributed by atoms with Crippen LogP contribution in [0.4, 0.5) is 0 Å². The molecule has 0 aliphatic rings. The molecule has 1 atom stereocenters. The second-order valence-corrected chi connectivity index (χ2v) is 4.82. The molecule has 0 fully saturated rings. The maximum atomic E-state index is 11.5. The normalized spacial score (nSPS) is 12.7. The number of amides is 1. The molecule has 0 aliphatic heterocycles. The van der Waals surface area contributed by atoms with E-state index in [0.717, 1.165) is 11.1 Å². The third-order valence-electron chi connectivity index (χ3n) is 2.62. The first-order valence-corrected chi connectivity index (χ1v) is 6.88. The maximum Gasteiger partial charge on any atom is 0.244 e. The number of carbonyl (C=O) groups is 1. The van der Waals surface area contributed by atoms with Gasteiger partial charge >= 0.3 is 0 Å². The van der Waals surface area contributed by atoms with Crippen LogP contribution in [0.25, 0.3) is 6.08 Å². The Bertz CT molecular complexity index is 517. The molecule has 1 amide bonds. The minimum absolute atomic E-state index is 0.161. The molecule has 0 aromatic carbocycles. The summed E-state index contributed by atoms with van der Waals surface area (Å²) in [7, 11) is 0. The molecule has 2 aromatic rings. The number of furan rings is 1. The van der Waals surface area contributed by atoms with Crippen molar-refractivity contribution in [3.63, 3.8) is 0 Å². The van der Waals surface area contributed by atoms with Crippen LogP contribution in [-0.2, 0) is 4.79 Å². The summed E-state index contributed by atoms with van der Waals surface area (Å²) >= 11 is 1.59. The van der Waals surface area contributed by atoms with Crippen molar-refractivity contribution in [3.05, 3.63) is 52.6 Å². The predicted molar refractivity (Wildman–Crippen MR) is 74.6 cm³/mol. The SMILES string of the molecule is O=C(/C=C/c1ccsc1)NCCC(O)c1ccoc1. The first-order valence-electron chi connectivity index (χ1n) is 5.94. The Labute approximate surface area is 115 Å². The molecule has 2 N–H and O–H groups in total. The average molecular weight is 277 g/mol.